The molecule has 1 amide bonds. The predicted octanol–water partition coefficient (Wildman–Crippen LogP) is 0.267. The summed E-state index contributed by atoms with van der Waals surface area (Å²) in [5.41, 5.74) is 6.60. The van der Waals surface area contributed by atoms with E-state index in [-0.39, 0.29) is 11.9 Å². The zero-order chi connectivity index (χ0) is 9.35. The van der Waals surface area contributed by atoms with Gasteiger partial charge in [-0.3, -0.25) is 4.79 Å². The Morgan fingerprint density at radius 2 is 2.25 bits per heavy atom. The fraction of sp³-hybridized carbons (Fsp3) is 0.667. The number of amides is 1. The normalized spacial score (nSPS) is 27.9. The third-order valence-corrected chi connectivity index (χ3v) is 2.60. The SMILES string of the molecule is CC1=CC[N+](C)(C)[C@@H](C(N)=O)C1. The van der Waals surface area contributed by atoms with Gasteiger partial charge in [0.2, 0.25) is 0 Å². The van der Waals surface area contributed by atoms with Gasteiger partial charge in [0.15, 0.2) is 6.04 Å². The first kappa shape index (κ1) is 9.26. The summed E-state index contributed by atoms with van der Waals surface area (Å²) in [4.78, 5) is 11.1. The maximum Gasteiger partial charge on any atom is 0.276 e. The van der Waals surface area contributed by atoms with E-state index >= 15 is 0 Å². The van der Waals surface area contributed by atoms with E-state index in [0.29, 0.717) is 4.48 Å². The number of carbonyl (C=O) groups excluding carboxylic acids is 1. The summed E-state index contributed by atoms with van der Waals surface area (Å²) in [5.74, 6) is -0.188. The number of primary amides is 1. The smallest absolute Gasteiger partial charge is 0.276 e. The molecule has 0 aromatic rings. The Balaban J connectivity index is 2.85. The summed E-state index contributed by atoms with van der Waals surface area (Å²) in [7, 11) is 4.08. The van der Waals surface area contributed by atoms with Crippen molar-refractivity contribution in [2.24, 2.45) is 5.73 Å². The van der Waals surface area contributed by atoms with Gasteiger partial charge in [-0.1, -0.05) is 5.57 Å². The summed E-state index contributed by atoms with van der Waals surface area (Å²) in [6.45, 7) is 2.95. The quantitative estimate of drug-likeness (QED) is 0.444. The van der Waals surface area contributed by atoms with Crippen molar-refractivity contribution in [1.82, 2.24) is 0 Å². The summed E-state index contributed by atoms with van der Waals surface area (Å²) < 4.78 is 0.687. The van der Waals surface area contributed by atoms with E-state index in [0.717, 1.165) is 13.0 Å². The first-order chi connectivity index (χ1) is 5.43. The second-order valence-electron chi connectivity index (χ2n) is 4.13. The van der Waals surface area contributed by atoms with Gasteiger partial charge < -0.3 is 10.2 Å². The van der Waals surface area contributed by atoms with Crippen molar-refractivity contribution in [3.05, 3.63) is 11.6 Å². The van der Waals surface area contributed by atoms with Crippen LogP contribution in [-0.2, 0) is 4.79 Å². The number of hydrogen-bond acceptors (Lipinski definition) is 1. The van der Waals surface area contributed by atoms with Crippen LogP contribution in [0.1, 0.15) is 13.3 Å². The van der Waals surface area contributed by atoms with Crippen LogP contribution in [0.25, 0.3) is 0 Å². The lowest BCUT2D eigenvalue weighted by Crippen LogP contribution is -2.56. The highest BCUT2D eigenvalue weighted by Gasteiger charge is 2.35. The summed E-state index contributed by atoms with van der Waals surface area (Å²) >= 11 is 0. The number of likely N-dealkylation sites (N-methyl/N-ethyl adjacent to an activating group) is 1. The van der Waals surface area contributed by atoms with E-state index in [1.807, 2.05) is 14.1 Å². The van der Waals surface area contributed by atoms with Gasteiger partial charge in [0.1, 0.15) is 0 Å². The second-order valence-corrected chi connectivity index (χ2v) is 4.13. The Morgan fingerprint density at radius 3 is 2.67 bits per heavy atom. The zero-order valence-electron chi connectivity index (χ0n) is 8.00. The van der Waals surface area contributed by atoms with E-state index in [1.54, 1.807) is 0 Å². The number of carbonyl (C=O) groups is 1. The van der Waals surface area contributed by atoms with E-state index in [9.17, 15) is 4.79 Å². The summed E-state index contributed by atoms with van der Waals surface area (Å²) in [5, 5.41) is 0. The van der Waals surface area contributed by atoms with Crippen LogP contribution in [0, 0.1) is 0 Å². The van der Waals surface area contributed by atoms with Gasteiger partial charge in [-0.05, 0) is 13.0 Å². The highest BCUT2D eigenvalue weighted by molar-refractivity contribution is 5.79. The predicted molar refractivity (Wildman–Crippen MR) is 48.3 cm³/mol. The molecular weight excluding hydrogens is 152 g/mol. The van der Waals surface area contributed by atoms with Crippen molar-refractivity contribution in [2.45, 2.75) is 19.4 Å². The van der Waals surface area contributed by atoms with Crippen molar-refractivity contribution in [3.63, 3.8) is 0 Å². The van der Waals surface area contributed by atoms with E-state index in [4.69, 9.17) is 5.73 Å². The van der Waals surface area contributed by atoms with E-state index < -0.39 is 0 Å². The van der Waals surface area contributed by atoms with Gasteiger partial charge in [-0.25, -0.2) is 0 Å². The maximum atomic E-state index is 11.1. The molecule has 0 fully saturated rings. The summed E-state index contributed by atoms with van der Waals surface area (Å²) in [6, 6.07) is -0.0463. The third kappa shape index (κ3) is 1.67. The molecule has 0 radical (unpaired) electrons. The van der Waals surface area contributed by atoms with Crippen molar-refractivity contribution in [3.8, 4) is 0 Å². The van der Waals surface area contributed by atoms with Crippen LogP contribution in [0.15, 0.2) is 11.6 Å². The number of quaternary nitrogens is 1. The highest BCUT2D eigenvalue weighted by Crippen LogP contribution is 2.20. The average molecular weight is 169 g/mol. The lowest BCUT2D eigenvalue weighted by molar-refractivity contribution is -0.901. The molecule has 0 aromatic carbocycles. The van der Waals surface area contributed by atoms with Crippen LogP contribution in [0.4, 0.5) is 0 Å². The van der Waals surface area contributed by atoms with Gasteiger partial charge >= 0.3 is 0 Å². The number of rotatable bonds is 1. The van der Waals surface area contributed by atoms with Crippen molar-refractivity contribution in [1.29, 1.82) is 0 Å². The van der Waals surface area contributed by atoms with Gasteiger partial charge in [-0.2, -0.15) is 0 Å². The van der Waals surface area contributed by atoms with Crippen molar-refractivity contribution >= 4 is 5.91 Å². The molecular formula is C9H17N2O+. The van der Waals surface area contributed by atoms with Crippen molar-refractivity contribution in [2.75, 3.05) is 20.6 Å². The minimum Gasteiger partial charge on any atom is -0.364 e. The third-order valence-electron chi connectivity index (χ3n) is 2.60. The Morgan fingerprint density at radius 1 is 1.67 bits per heavy atom. The Bertz CT molecular complexity index is 231. The van der Waals surface area contributed by atoms with Gasteiger partial charge in [0.25, 0.3) is 5.91 Å². The number of hydrogen-bond donors (Lipinski definition) is 1. The monoisotopic (exact) mass is 169 g/mol. The van der Waals surface area contributed by atoms with Gasteiger partial charge in [0.05, 0.1) is 20.6 Å². The molecule has 0 saturated carbocycles. The van der Waals surface area contributed by atoms with Gasteiger partial charge in [-0.15, -0.1) is 0 Å². The lowest BCUT2D eigenvalue weighted by Gasteiger charge is -2.38. The second kappa shape index (κ2) is 2.90. The van der Waals surface area contributed by atoms with Crippen molar-refractivity contribution < 1.29 is 9.28 Å². The fourth-order valence-corrected chi connectivity index (χ4v) is 1.60. The minimum atomic E-state index is -0.188. The van der Waals surface area contributed by atoms with Gasteiger partial charge in [0, 0.05) is 6.42 Å². The molecule has 0 saturated heterocycles. The lowest BCUT2D eigenvalue weighted by atomic mass is 9.99. The van der Waals surface area contributed by atoms with Crippen LogP contribution in [-0.4, -0.2) is 37.1 Å². The molecule has 0 aromatic heterocycles. The first-order valence-corrected chi connectivity index (χ1v) is 4.21. The maximum absolute atomic E-state index is 11.1. The molecule has 1 heterocycles. The van der Waals surface area contributed by atoms with Crippen LogP contribution in [0.5, 0.6) is 0 Å². The Labute approximate surface area is 73.4 Å². The molecule has 3 nitrogen and oxygen atoms in total. The molecule has 68 valence electrons. The molecule has 3 heteroatoms. The fourth-order valence-electron chi connectivity index (χ4n) is 1.60. The zero-order valence-corrected chi connectivity index (χ0v) is 8.00. The van der Waals surface area contributed by atoms with Crippen LogP contribution < -0.4 is 5.73 Å². The van der Waals surface area contributed by atoms with E-state index in [2.05, 4.69) is 13.0 Å². The topological polar surface area (TPSA) is 43.1 Å². The minimum absolute atomic E-state index is 0.0463. The number of nitrogens with zero attached hydrogens (tertiary/aromatic N) is 1. The molecule has 1 aliphatic rings. The average Bonchev–Trinajstić information content (AvgIpc) is 1.94. The standard InChI is InChI=1S/C9H16N2O/c1-7-4-5-11(2,3)8(6-7)9(10)12/h4,8H,5-6H2,1-3H3,(H-,10,12)/p+1/t8-/m1/s1. The summed E-state index contributed by atoms with van der Waals surface area (Å²) in [6.07, 6.45) is 2.99. The molecule has 0 bridgehead atoms. The van der Waals surface area contributed by atoms with Crippen LogP contribution in [0.2, 0.25) is 0 Å². The van der Waals surface area contributed by atoms with E-state index in [1.165, 1.54) is 5.57 Å². The molecule has 1 atom stereocenters. The number of nitrogens with two attached hydrogens (primary N) is 1. The largest absolute Gasteiger partial charge is 0.364 e. The first-order valence-electron chi connectivity index (χ1n) is 4.21. The molecule has 1 aliphatic heterocycles. The Kier molecular flexibility index (Phi) is 2.24. The molecule has 0 aliphatic carbocycles. The molecule has 0 spiro atoms. The Hall–Kier alpha value is -0.830. The van der Waals surface area contributed by atoms with Crippen LogP contribution in [0.3, 0.4) is 0 Å². The molecule has 2 N–H and O–H groups in total. The molecule has 12 heavy (non-hydrogen) atoms. The molecule has 1 rings (SSSR count). The molecule has 0 unspecified atom stereocenters. The highest BCUT2D eigenvalue weighted by atomic mass is 16.1. The van der Waals surface area contributed by atoms with Crippen LogP contribution >= 0.6 is 0 Å².